The van der Waals surface area contributed by atoms with E-state index < -0.39 is 11.2 Å². The van der Waals surface area contributed by atoms with Crippen LogP contribution in [-0.2, 0) is 15.8 Å². The fraction of sp³-hybridized carbons (Fsp3) is 0.433. The summed E-state index contributed by atoms with van der Waals surface area (Å²) in [7, 11) is 0. The van der Waals surface area contributed by atoms with Gasteiger partial charge in [-0.3, -0.25) is 0 Å². The van der Waals surface area contributed by atoms with E-state index in [0.717, 1.165) is 28.1 Å². The normalized spacial score (nSPS) is 19.6. The van der Waals surface area contributed by atoms with Crippen LogP contribution in [0.3, 0.4) is 0 Å². The quantitative estimate of drug-likeness (QED) is 0.435. The zero-order chi connectivity index (χ0) is 26.1. The lowest BCUT2D eigenvalue weighted by Gasteiger charge is -2.45. The fourth-order valence-electron chi connectivity index (χ4n) is 4.89. The monoisotopic (exact) mass is 487 g/mol. The van der Waals surface area contributed by atoms with Crippen LogP contribution in [0.1, 0.15) is 77.2 Å². The Bertz CT molecular complexity index is 1180. The number of hydrogen-bond acceptors (Lipinski definition) is 5. The van der Waals surface area contributed by atoms with Gasteiger partial charge in [0.05, 0.1) is 23.0 Å². The van der Waals surface area contributed by atoms with E-state index in [-0.39, 0.29) is 17.6 Å². The summed E-state index contributed by atoms with van der Waals surface area (Å²) in [5.74, 6) is 0. The molecule has 1 unspecified atom stereocenters. The summed E-state index contributed by atoms with van der Waals surface area (Å²) in [6.45, 7) is 12.4. The highest BCUT2D eigenvalue weighted by Gasteiger charge is 2.46. The van der Waals surface area contributed by atoms with Gasteiger partial charge in [0, 0.05) is 30.4 Å². The number of carbonyl (C=O) groups is 1. The van der Waals surface area contributed by atoms with Crippen molar-refractivity contribution in [2.75, 3.05) is 6.54 Å². The summed E-state index contributed by atoms with van der Waals surface area (Å²) in [5, 5.41) is 19.4. The molecular formula is C30H37N3O3. The summed E-state index contributed by atoms with van der Waals surface area (Å²) >= 11 is 0. The molecule has 2 atom stereocenters. The predicted octanol–water partition coefficient (Wildman–Crippen LogP) is 6.40. The third-order valence-electron chi connectivity index (χ3n) is 6.88. The zero-order valence-corrected chi connectivity index (χ0v) is 22.2. The molecule has 1 saturated heterocycles. The first kappa shape index (κ1) is 25.8. The van der Waals surface area contributed by atoms with Crippen LogP contribution < -0.4 is 0 Å². The molecule has 1 fully saturated rings. The highest BCUT2D eigenvalue weighted by molar-refractivity contribution is 5.70. The van der Waals surface area contributed by atoms with Crippen molar-refractivity contribution in [2.45, 2.75) is 77.0 Å². The minimum Gasteiger partial charge on any atom is -0.438 e. The van der Waals surface area contributed by atoms with E-state index in [1.165, 1.54) is 0 Å². The second kappa shape index (κ2) is 9.66. The van der Waals surface area contributed by atoms with E-state index in [1.807, 2.05) is 73.7 Å². The summed E-state index contributed by atoms with van der Waals surface area (Å²) in [6, 6.07) is 21.7. The Morgan fingerprint density at radius 2 is 1.64 bits per heavy atom. The number of carbonyl (C=O) groups excluding carboxylic acids is 1. The van der Waals surface area contributed by atoms with Crippen molar-refractivity contribution in [1.82, 2.24) is 15.1 Å². The van der Waals surface area contributed by atoms with E-state index >= 15 is 0 Å². The molecule has 4 rings (SSSR count). The number of hydrogen-bond donors (Lipinski definition) is 1. The number of cyclic esters (lactones) is 1. The zero-order valence-electron chi connectivity index (χ0n) is 22.2. The largest absolute Gasteiger partial charge is 0.438 e. The lowest BCUT2D eigenvalue weighted by molar-refractivity contribution is -0.101. The molecule has 6 nitrogen and oxygen atoms in total. The molecule has 0 aliphatic carbocycles. The van der Waals surface area contributed by atoms with Crippen molar-refractivity contribution < 1.29 is 14.6 Å². The molecule has 1 aliphatic rings. The van der Waals surface area contributed by atoms with Gasteiger partial charge in [-0.25, -0.2) is 4.79 Å². The van der Waals surface area contributed by atoms with Gasteiger partial charge in [0.2, 0.25) is 0 Å². The van der Waals surface area contributed by atoms with E-state index in [2.05, 4.69) is 31.0 Å². The van der Waals surface area contributed by atoms with Crippen LogP contribution in [-0.4, -0.2) is 38.4 Å². The molecule has 0 bridgehead atoms. The van der Waals surface area contributed by atoms with Crippen LogP contribution in [0.25, 0.3) is 11.3 Å². The maximum atomic E-state index is 13.3. The van der Waals surface area contributed by atoms with Crippen molar-refractivity contribution in [3.63, 3.8) is 0 Å². The summed E-state index contributed by atoms with van der Waals surface area (Å²) in [5.41, 5.74) is 2.81. The second-order valence-corrected chi connectivity index (χ2v) is 11.5. The number of amides is 1. The molecule has 6 heteroatoms. The van der Waals surface area contributed by atoms with Crippen molar-refractivity contribution in [2.24, 2.45) is 0 Å². The smallest absolute Gasteiger partial charge is 0.411 e. The molecule has 36 heavy (non-hydrogen) atoms. The lowest BCUT2D eigenvalue weighted by atomic mass is 9.80. The van der Waals surface area contributed by atoms with Gasteiger partial charge in [0.1, 0.15) is 5.60 Å². The van der Waals surface area contributed by atoms with Crippen molar-refractivity contribution >= 4 is 6.09 Å². The van der Waals surface area contributed by atoms with E-state index in [0.29, 0.717) is 19.4 Å². The second-order valence-electron chi connectivity index (χ2n) is 11.5. The van der Waals surface area contributed by atoms with Crippen LogP contribution in [0, 0.1) is 0 Å². The van der Waals surface area contributed by atoms with Crippen LogP contribution >= 0.6 is 0 Å². The first-order valence-corrected chi connectivity index (χ1v) is 12.6. The average molecular weight is 488 g/mol. The Kier molecular flexibility index (Phi) is 6.93. The minimum absolute atomic E-state index is 0.0428. The van der Waals surface area contributed by atoms with Gasteiger partial charge in [-0.15, -0.1) is 0 Å². The molecule has 1 N–H and O–H groups in total. The molecular weight excluding hydrogens is 450 g/mol. The van der Waals surface area contributed by atoms with Crippen molar-refractivity contribution in [1.29, 1.82) is 0 Å². The Morgan fingerprint density at radius 3 is 2.17 bits per heavy atom. The topological polar surface area (TPSA) is 75.6 Å². The molecule has 0 spiro atoms. The lowest BCUT2D eigenvalue weighted by Crippen LogP contribution is -2.51. The number of rotatable bonds is 6. The minimum atomic E-state index is -0.978. The third kappa shape index (κ3) is 5.59. The third-order valence-corrected chi connectivity index (χ3v) is 6.88. The van der Waals surface area contributed by atoms with Crippen LogP contribution in [0.5, 0.6) is 0 Å². The first-order valence-electron chi connectivity index (χ1n) is 12.6. The molecule has 190 valence electrons. The highest BCUT2D eigenvalue weighted by atomic mass is 16.6. The number of aromatic nitrogens is 2. The number of benzene rings is 2. The highest BCUT2D eigenvalue weighted by Crippen LogP contribution is 2.42. The van der Waals surface area contributed by atoms with Gasteiger partial charge in [0.15, 0.2) is 0 Å². The summed E-state index contributed by atoms with van der Waals surface area (Å²) in [6.07, 6.45) is 0.571. The van der Waals surface area contributed by atoms with Crippen molar-refractivity contribution in [3.8, 4) is 11.3 Å². The maximum absolute atomic E-state index is 13.3. The predicted molar refractivity (Wildman–Crippen MR) is 141 cm³/mol. The summed E-state index contributed by atoms with van der Waals surface area (Å²) < 4.78 is 6.13. The van der Waals surface area contributed by atoms with Crippen LogP contribution in [0.15, 0.2) is 66.7 Å². The van der Waals surface area contributed by atoms with Crippen LogP contribution in [0.2, 0.25) is 0 Å². The molecule has 1 aliphatic heterocycles. The Hall–Kier alpha value is -3.25. The Balaban J connectivity index is 1.50. The molecule has 0 radical (unpaired) electrons. The molecule has 2 aromatic carbocycles. The molecule has 0 saturated carbocycles. The van der Waals surface area contributed by atoms with Gasteiger partial charge in [0.25, 0.3) is 0 Å². The Labute approximate surface area is 214 Å². The van der Waals surface area contributed by atoms with Crippen LogP contribution in [0.4, 0.5) is 4.79 Å². The number of ether oxygens (including phenoxy) is 1. The molecule has 1 amide bonds. The molecule has 2 heterocycles. The SMILES string of the molecule is C[C@@H](c1ccc(-c2ccc(C(C)(C)C)nn2)cc1)N1CCC(CC(C)(C)O)(c2ccccc2)OC1=O. The van der Waals surface area contributed by atoms with Gasteiger partial charge < -0.3 is 14.7 Å². The Morgan fingerprint density at radius 1 is 0.972 bits per heavy atom. The van der Waals surface area contributed by atoms with Gasteiger partial charge in [-0.05, 0) is 44.0 Å². The number of nitrogens with zero attached hydrogens (tertiary/aromatic N) is 3. The van der Waals surface area contributed by atoms with E-state index in [1.54, 1.807) is 18.7 Å². The van der Waals surface area contributed by atoms with E-state index in [4.69, 9.17) is 4.74 Å². The van der Waals surface area contributed by atoms with E-state index in [9.17, 15) is 9.90 Å². The molecule has 3 aromatic rings. The van der Waals surface area contributed by atoms with Gasteiger partial charge >= 0.3 is 6.09 Å². The molecule has 1 aromatic heterocycles. The fourth-order valence-corrected chi connectivity index (χ4v) is 4.89. The average Bonchev–Trinajstić information content (AvgIpc) is 2.83. The first-order chi connectivity index (χ1) is 16.9. The standard InChI is InChI=1S/C30H37N3O3/c1-21(22-12-14-23(15-13-22)25-16-17-26(32-31-25)28(2,3)4)33-19-18-30(36-27(33)34,20-29(5,6)35)24-10-8-7-9-11-24/h7-17,21,35H,18-20H2,1-6H3/t21-,30?/m0/s1. The number of aliphatic hydroxyl groups is 1. The maximum Gasteiger partial charge on any atom is 0.411 e. The summed E-state index contributed by atoms with van der Waals surface area (Å²) in [4.78, 5) is 15.1. The van der Waals surface area contributed by atoms with Crippen molar-refractivity contribution in [3.05, 3.63) is 83.6 Å². The van der Waals surface area contributed by atoms with Gasteiger partial charge in [-0.1, -0.05) is 75.4 Å². The van der Waals surface area contributed by atoms with Gasteiger partial charge in [-0.2, -0.15) is 10.2 Å².